The van der Waals surface area contributed by atoms with Crippen molar-refractivity contribution < 1.29 is 19.0 Å². The zero-order valence-electron chi connectivity index (χ0n) is 18.7. The lowest BCUT2D eigenvalue weighted by Crippen LogP contribution is -2.43. The molecule has 0 aromatic heterocycles. The first-order valence-electron chi connectivity index (χ1n) is 10.8. The summed E-state index contributed by atoms with van der Waals surface area (Å²) in [6, 6.07) is 13.3. The first-order chi connectivity index (χ1) is 15.0. The van der Waals surface area contributed by atoms with Gasteiger partial charge in [0.1, 0.15) is 11.8 Å². The maximum Gasteiger partial charge on any atom is 0.239 e. The molecule has 3 unspecified atom stereocenters. The Morgan fingerprint density at radius 2 is 1.84 bits per heavy atom. The molecule has 1 aliphatic heterocycles. The van der Waals surface area contributed by atoms with Crippen LogP contribution in [0.3, 0.4) is 0 Å². The monoisotopic (exact) mass is 427 g/mol. The number of rotatable bonds is 10. The third-order valence-corrected chi connectivity index (χ3v) is 5.54. The van der Waals surface area contributed by atoms with Gasteiger partial charge in [0.05, 0.1) is 26.9 Å². The van der Waals surface area contributed by atoms with Crippen LogP contribution in [-0.4, -0.2) is 32.8 Å². The van der Waals surface area contributed by atoms with Crippen molar-refractivity contribution in [2.45, 2.75) is 51.2 Å². The minimum Gasteiger partial charge on any atom is -0.494 e. The van der Waals surface area contributed by atoms with Gasteiger partial charge in [-0.1, -0.05) is 31.5 Å². The number of methoxy groups -OCH3 is 2. The van der Waals surface area contributed by atoms with E-state index in [1.807, 2.05) is 49.4 Å². The van der Waals surface area contributed by atoms with Crippen LogP contribution in [0.1, 0.15) is 56.3 Å². The summed E-state index contributed by atoms with van der Waals surface area (Å²) < 4.78 is 16.4. The molecule has 3 N–H and O–H groups in total. The van der Waals surface area contributed by atoms with E-state index in [0.29, 0.717) is 17.9 Å². The van der Waals surface area contributed by atoms with Gasteiger partial charge in [0.15, 0.2) is 11.5 Å². The van der Waals surface area contributed by atoms with E-state index in [4.69, 9.17) is 14.2 Å². The Morgan fingerprint density at radius 3 is 2.52 bits per heavy atom. The smallest absolute Gasteiger partial charge is 0.239 e. The molecule has 7 heteroatoms. The summed E-state index contributed by atoms with van der Waals surface area (Å²) in [5.74, 6) is 2.14. The van der Waals surface area contributed by atoms with E-state index in [9.17, 15) is 4.79 Å². The SMILES string of the molecule is CCCCOc1ccc(C2CC(C(=O)NC(C)c3ccc(OC)c(OC)c3)NN2)cc1. The second-order valence-corrected chi connectivity index (χ2v) is 7.75. The summed E-state index contributed by atoms with van der Waals surface area (Å²) in [7, 11) is 3.20. The third-order valence-electron chi connectivity index (χ3n) is 5.54. The molecule has 0 bridgehead atoms. The molecule has 1 fully saturated rings. The molecule has 7 nitrogen and oxygen atoms in total. The van der Waals surface area contributed by atoms with Crippen LogP contribution < -0.4 is 30.4 Å². The van der Waals surface area contributed by atoms with Crippen LogP contribution in [0.15, 0.2) is 42.5 Å². The van der Waals surface area contributed by atoms with E-state index in [1.165, 1.54) is 0 Å². The molecule has 1 aliphatic rings. The van der Waals surface area contributed by atoms with Gasteiger partial charge in [0, 0.05) is 6.04 Å². The van der Waals surface area contributed by atoms with E-state index in [0.717, 1.165) is 36.3 Å². The molecular weight excluding hydrogens is 394 g/mol. The first-order valence-corrected chi connectivity index (χ1v) is 10.8. The normalized spacial score (nSPS) is 19.0. The number of nitrogens with one attached hydrogen (secondary N) is 3. The van der Waals surface area contributed by atoms with Crippen molar-refractivity contribution in [1.29, 1.82) is 0 Å². The van der Waals surface area contributed by atoms with E-state index in [2.05, 4.69) is 23.1 Å². The molecule has 0 radical (unpaired) electrons. The lowest BCUT2D eigenvalue weighted by Gasteiger charge is -2.18. The number of benzene rings is 2. The zero-order valence-corrected chi connectivity index (χ0v) is 18.7. The number of unbranched alkanes of at least 4 members (excludes halogenated alkanes) is 1. The maximum absolute atomic E-state index is 12.8. The first kappa shape index (κ1) is 22.9. The van der Waals surface area contributed by atoms with Gasteiger partial charge in [-0.3, -0.25) is 4.79 Å². The number of hydrogen-bond donors (Lipinski definition) is 3. The quantitative estimate of drug-likeness (QED) is 0.502. The van der Waals surface area contributed by atoms with E-state index < -0.39 is 0 Å². The molecule has 1 amide bonds. The van der Waals surface area contributed by atoms with Gasteiger partial charge in [-0.05, 0) is 55.2 Å². The van der Waals surface area contributed by atoms with Crippen LogP contribution in [0.25, 0.3) is 0 Å². The van der Waals surface area contributed by atoms with Crippen molar-refractivity contribution in [1.82, 2.24) is 16.2 Å². The molecule has 31 heavy (non-hydrogen) atoms. The molecule has 168 valence electrons. The summed E-state index contributed by atoms with van der Waals surface area (Å²) in [4.78, 5) is 12.8. The van der Waals surface area contributed by atoms with E-state index in [1.54, 1.807) is 14.2 Å². The highest BCUT2D eigenvalue weighted by molar-refractivity contribution is 5.82. The third kappa shape index (κ3) is 5.89. The number of amides is 1. The predicted molar refractivity (Wildman–Crippen MR) is 120 cm³/mol. The summed E-state index contributed by atoms with van der Waals surface area (Å²) >= 11 is 0. The van der Waals surface area contributed by atoms with Crippen molar-refractivity contribution >= 4 is 5.91 Å². The maximum atomic E-state index is 12.8. The molecule has 2 aromatic rings. The molecular formula is C24H33N3O4. The van der Waals surface area contributed by atoms with Crippen LogP contribution in [0.5, 0.6) is 17.2 Å². The lowest BCUT2D eigenvalue weighted by atomic mass is 10.0. The fourth-order valence-electron chi connectivity index (χ4n) is 3.60. The second-order valence-electron chi connectivity index (χ2n) is 7.75. The van der Waals surface area contributed by atoms with Crippen LogP contribution in [0, 0.1) is 0 Å². The number of carbonyl (C=O) groups is 1. The van der Waals surface area contributed by atoms with Crippen LogP contribution in [0.4, 0.5) is 0 Å². The number of hydrogen-bond acceptors (Lipinski definition) is 6. The van der Waals surface area contributed by atoms with Crippen molar-refractivity contribution in [2.24, 2.45) is 0 Å². The lowest BCUT2D eigenvalue weighted by molar-refractivity contribution is -0.123. The van der Waals surface area contributed by atoms with Gasteiger partial charge in [0.2, 0.25) is 5.91 Å². The predicted octanol–water partition coefficient (Wildman–Crippen LogP) is 3.67. The largest absolute Gasteiger partial charge is 0.494 e. The van der Waals surface area contributed by atoms with E-state index >= 15 is 0 Å². The van der Waals surface area contributed by atoms with Gasteiger partial charge in [-0.15, -0.1) is 0 Å². The summed E-state index contributed by atoms with van der Waals surface area (Å²) in [6.45, 7) is 4.84. The Balaban J connectivity index is 1.54. The summed E-state index contributed by atoms with van der Waals surface area (Å²) in [5, 5.41) is 3.08. The Kier molecular flexibility index (Phi) is 8.14. The molecule has 0 saturated carbocycles. The van der Waals surface area contributed by atoms with Gasteiger partial charge < -0.3 is 19.5 Å². The van der Waals surface area contributed by atoms with Gasteiger partial charge in [-0.2, -0.15) is 0 Å². The van der Waals surface area contributed by atoms with Crippen LogP contribution >= 0.6 is 0 Å². The Labute approximate surface area is 184 Å². The zero-order chi connectivity index (χ0) is 22.2. The van der Waals surface area contributed by atoms with Gasteiger partial charge in [0.25, 0.3) is 0 Å². The molecule has 0 spiro atoms. The molecule has 1 saturated heterocycles. The van der Waals surface area contributed by atoms with Crippen LogP contribution in [-0.2, 0) is 4.79 Å². The number of hydrazine groups is 1. The van der Waals surface area contributed by atoms with E-state index in [-0.39, 0.29) is 24.0 Å². The highest BCUT2D eigenvalue weighted by Gasteiger charge is 2.31. The van der Waals surface area contributed by atoms with Crippen molar-refractivity contribution in [3.63, 3.8) is 0 Å². The summed E-state index contributed by atoms with van der Waals surface area (Å²) in [5.41, 5.74) is 8.43. The topological polar surface area (TPSA) is 80.9 Å². The fourth-order valence-corrected chi connectivity index (χ4v) is 3.60. The van der Waals surface area contributed by atoms with Crippen molar-refractivity contribution in [3.8, 4) is 17.2 Å². The second kappa shape index (κ2) is 11.0. The molecule has 0 aliphatic carbocycles. The molecule has 3 rings (SSSR count). The molecule has 3 atom stereocenters. The standard InChI is InChI=1S/C24H33N3O4/c1-5-6-13-31-19-10-7-17(8-11-19)20-15-21(27-26-20)24(28)25-16(2)18-9-12-22(29-3)23(14-18)30-4/h7-12,14,16,20-21,26-27H,5-6,13,15H2,1-4H3,(H,25,28). The van der Waals surface area contributed by atoms with Gasteiger partial charge >= 0.3 is 0 Å². The summed E-state index contributed by atoms with van der Waals surface area (Å²) in [6.07, 6.45) is 2.83. The minimum absolute atomic E-state index is 0.0446. The average molecular weight is 428 g/mol. The Bertz CT molecular complexity index is 856. The molecule has 2 aromatic carbocycles. The highest BCUT2D eigenvalue weighted by atomic mass is 16.5. The Hall–Kier alpha value is -2.77. The number of carbonyl (C=O) groups excluding carboxylic acids is 1. The van der Waals surface area contributed by atoms with Crippen molar-refractivity contribution in [2.75, 3.05) is 20.8 Å². The molecule has 1 heterocycles. The fraction of sp³-hybridized carbons (Fsp3) is 0.458. The van der Waals surface area contributed by atoms with Crippen molar-refractivity contribution in [3.05, 3.63) is 53.6 Å². The Morgan fingerprint density at radius 1 is 1.10 bits per heavy atom. The van der Waals surface area contributed by atoms with Gasteiger partial charge in [-0.25, -0.2) is 10.9 Å². The van der Waals surface area contributed by atoms with Crippen LogP contribution in [0.2, 0.25) is 0 Å². The highest BCUT2D eigenvalue weighted by Crippen LogP contribution is 2.30. The average Bonchev–Trinajstić information content (AvgIpc) is 3.29. The minimum atomic E-state index is -0.312. The number of ether oxygens (including phenoxy) is 3.